The summed E-state index contributed by atoms with van der Waals surface area (Å²) in [5.41, 5.74) is 2.07. The summed E-state index contributed by atoms with van der Waals surface area (Å²) in [6.45, 7) is 1.98. The fourth-order valence-corrected chi connectivity index (χ4v) is 2.59. The van der Waals surface area contributed by atoms with Crippen molar-refractivity contribution in [2.24, 2.45) is 0 Å². The maximum Gasteiger partial charge on any atom is 0.257 e. The molecule has 0 bridgehead atoms. The number of ether oxygens (including phenoxy) is 2. The summed E-state index contributed by atoms with van der Waals surface area (Å²) in [6.07, 6.45) is 4.64. The number of halogens is 1. The van der Waals surface area contributed by atoms with Gasteiger partial charge in [-0.3, -0.25) is 9.78 Å². The predicted molar refractivity (Wildman–Crippen MR) is 102 cm³/mol. The number of benzene rings is 1. The van der Waals surface area contributed by atoms with Crippen molar-refractivity contribution in [3.05, 3.63) is 70.6 Å². The molecule has 26 heavy (non-hydrogen) atoms. The Kier molecular flexibility index (Phi) is 5.48. The SMILES string of the molecule is COc1cc(C)ccc1Oc1ccc(NC(=O)c2cncc(Br)c2)cn1. The topological polar surface area (TPSA) is 73.3 Å². The van der Waals surface area contributed by atoms with Gasteiger partial charge in [-0.15, -0.1) is 0 Å². The Morgan fingerprint density at radius 3 is 2.62 bits per heavy atom. The first-order valence-electron chi connectivity index (χ1n) is 7.75. The highest BCUT2D eigenvalue weighted by Crippen LogP contribution is 2.31. The van der Waals surface area contributed by atoms with Crippen LogP contribution in [-0.4, -0.2) is 23.0 Å². The van der Waals surface area contributed by atoms with Gasteiger partial charge < -0.3 is 14.8 Å². The maximum absolute atomic E-state index is 12.2. The molecular weight excluding hydrogens is 398 g/mol. The van der Waals surface area contributed by atoms with E-state index in [0.717, 1.165) is 10.0 Å². The minimum absolute atomic E-state index is 0.269. The van der Waals surface area contributed by atoms with E-state index in [2.05, 4.69) is 31.2 Å². The van der Waals surface area contributed by atoms with Crippen LogP contribution < -0.4 is 14.8 Å². The number of hydrogen-bond acceptors (Lipinski definition) is 5. The second-order valence-electron chi connectivity index (χ2n) is 5.49. The van der Waals surface area contributed by atoms with Gasteiger partial charge in [-0.05, 0) is 52.7 Å². The molecule has 0 atom stereocenters. The zero-order valence-electron chi connectivity index (χ0n) is 14.2. The summed E-state index contributed by atoms with van der Waals surface area (Å²) in [4.78, 5) is 20.4. The molecule has 3 aromatic rings. The molecule has 6 nitrogen and oxygen atoms in total. The molecule has 0 radical (unpaired) electrons. The first-order chi connectivity index (χ1) is 12.5. The number of carbonyl (C=O) groups is 1. The molecule has 1 aromatic carbocycles. The molecule has 2 aromatic heterocycles. The van der Waals surface area contributed by atoms with Crippen LogP contribution in [0.5, 0.6) is 17.4 Å². The van der Waals surface area contributed by atoms with Gasteiger partial charge in [0.1, 0.15) is 0 Å². The Morgan fingerprint density at radius 2 is 1.92 bits per heavy atom. The minimum Gasteiger partial charge on any atom is -0.493 e. The normalized spacial score (nSPS) is 10.3. The summed E-state index contributed by atoms with van der Waals surface area (Å²) < 4.78 is 11.8. The third-order valence-corrected chi connectivity index (χ3v) is 3.93. The first-order valence-corrected chi connectivity index (χ1v) is 8.55. The van der Waals surface area contributed by atoms with Crippen LogP contribution in [0.25, 0.3) is 0 Å². The molecular formula is C19H16BrN3O3. The molecule has 0 spiro atoms. The lowest BCUT2D eigenvalue weighted by Gasteiger charge is -2.11. The average molecular weight is 414 g/mol. The molecule has 0 unspecified atom stereocenters. The van der Waals surface area contributed by atoms with Crippen LogP contribution in [-0.2, 0) is 0 Å². The van der Waals surface area contributed by atoms with Crippen LogP contribution in [0.3, 0.4) is 0 Å². The van der Waals surface area contributed by atoms with Crippen LogP contribution in [0.2, 0.25) is 0 Å². The highest BCUT2D eigenvalue weighted by atomic mass is 79.9. The van der Waals surface area contributed by atoms with E-state index in [4.69, 9.17) is 9.47 Å². The summed E-state index contributed by atoms with van der Waals surface area (Å²) in [7, 11) is 1.59. The van der Waals surface area contributed by atoms with E-state index in [-0.39, 0.29) is 5.91 Å². The molecule has 3 rings (SSSR count). The van der Waals surface area contributed by atoms with Gasteiger partial charge in [-0.25, -0.2) is 4.98 Å². The largest absolute Gasteiger partial charge is 0.493 e. The molecule has 0 saturated carbocycles. The molecule has 0 aliphatic carbocycles. The molecule has 132 valence electrons. The van der Waals surface area contributed by atoms with Gasteiger partial charge in [0.15, 0.2) is 11.5 Å². The van der Waals surface area contributed by atoms with Crippen LogP contribution in [0.1, 0.15) is 15.9 Å². The smallest absolute Gasteiger partial charge is 0.257 e. The van der Waals surface area contributed by atoms with Crippen molar-refractivity contribution in [2.45, 2.75) is 6.92 Å². The Hall–Kier alpha value is -2.93. The number of hydrogen-bond donors (Lipinski definition) is 1. The van der Waals surface area contributed by atoms with Gasteiger partial charge in [0.05, 0.1) is 24.6 Å². The van der Waals surface area contributed by atoms with Crippen molar-refractivity contribution in [3.63, 3.8) is 0 Å². The number of rotatable bonds is 5. The highest BCUT2D eigenvalue weighted by Gasteiger charge is 2.09. The minimum atomic E-state index is -0.269. The highest BCUT2D eigenvalue weighted by molar-refractivity contribution is 9.10. The van der Waals surface area contributed by atoms with E-state index >= 15 is 0 Å². The number of aromatic nitrogens is 2. The van der Waals surface area contributed by atoms with Gasteiger partial charge in [0.2, 0.25) is 5.88 Å². The monoisotopic (exact) mass is 413 g/mol. The molecule has 0 aliphatic rings. The van der Waals surface area contributed by atoms with Crippen molar-refractivity contribution >= 4 is 27.5 Å². The Bertz CT molecular complexity index is 930. The van der Waals surface area contributed by atoms with Crippen LogP contribution >= 0.6 is 15.9 Å². The zero-order valence-corrected chi connectivity index (χ0v) is 15.8. The predicted octanol–water partition coefficient (Wildman–Crippen LogP) is 4.60. The molecule has 0 fully saturated rings. The quantitative estimate of drug-likeness (QED) is 0.661. The summed E-state index contributed by atoms with van der Waals surface area (Å²) in [6, 6.07) is 10.7. The Morgan fingerprint density at radius 1 is 1.08 bits per heavy atom. The van der Waals surface area contributed by atoms with E-state index in [0.29, 0.717) is 28.6 Å². The lowest BCUT2D eigenvalue weighted by Crippen LogP contribution is -2.12. The lowest BCUT2D eigenvalue weighted by atomic mass is 10.2. The van der Waals surface area contributed by atoms with Crippen LogP contribution in [0, 0.1) is 6.92 Å². The second-order valence-corrected chi connectivity index (χ2v) is 6.40. The molecule has 2 heterocycles. The fraction of sp³-hybridized carbons (Fsp3) is 0.105. The van der Waals surface area contributed by atoms with Crippen molar-refractivity contribution in [1.29, 1.82) is 0 Å². The lowest BCUT2D eigenvalue weighted by molar-refractivity contribution is 0.102. The fourth-order valence-electron chi connectivity index (χ4n) is 2.23. The van der Waals surface area contributed by atoms with E-state index in [1.165, 1.54) is 12.4 Å². The third kappa shape index (κ3) is 4.37. The Labute approximate surface area is 159 Å². The van der Waals surface area contributed by atoms with Gasteiger partial charge in [-0.1, -0.05) is 6.07 Å². The van der Waals surface area contributed by atoms with Crippen molar-refractivity contribution in [1.82, 2.24) is 9.97 Å². The molecule has 1 amide bonds. The average Bonchev–Trinajstić information content (AvgIpc) is 2.64. The standard InChI is InChI=1S/C19H16BrN3O3/c1-12-3-5-16(17(7-12)25-2)26-18-6-4-15(11-22-18)23-19(24)13-8-14(20)10-21-9-13/h3-11H,1-2H3,(H,23,24). The van der Waals surface area contributed by atoms with Gasteiger partial charge >= 0.3 is 0 Å². The summed E-state index contributed by atoms with van der Waals surface area (Å²) in [5.74, 6) is 1.33. The van der Waals surface area contributed by atoms with Crippen molar-refractivity contribution < 1.29 is 14.3 Å². The molecule has 7 heteroatoms. The summed E-state index contributed by atoms with van der Waals surface area (Å²) >= 11 is 3.29. The van der Waals surface area contributed by atoms with Crippen LogP contribution in [0.4, 0.5) is 5.69 Å². The number of nitrogens with zero attached hydrogens (tertiary/aromatic N) is 2. The number of nitrogens with one attached hydrogen (secondary N) is 1. The maximum atomic E-state index is 12.2. The number of aryl methyl sites for hydroxylation is 1. The third-order valence-electron chi connectivity index (χ3n) is 3.49. The number of amides is 1. The van der Waals surface area contributed by atoms with E-state index in [9.17, 15) is 4.79 Å². The van der Waals surface area contributed by atoms with E-state index in [1.807, 2.05) is 25.1 Å². The molecule has 0 saturated heterocycles. The number of carbonyl (C=O) groups excluding carboxylic acids is 1. The molecule has 0 aliphatic heterocycles. The Balaban J connectivity index is 1.70. The summed E-state index contributed by atoms with van der Waals surface area (Å²) in [5, 5.41) is 2.76. The van der Waals surface area contributed by atoms with E-state index < -0.39 is 0 Å². The second kappa shape index (κ2) is 7.97. The van der Waals surface area contributed by atoms with Crippen molar-refractivity contribution in [3.8, 4) is 17.4 Å². The molecule has 1 N–H and O–H groups in total. The van der Waals surface area contributed by atoms with E-state index in [1.54, 1.807) is 31.5 Å². The number of anilines is 1. The van der Waals surface area contributed by atoms with Gasteiger partial charge in [-0.2, -0.15) is 0 Å². The number of pyridine rings is 2. The van der Waals surface area contributed by atoms with Gasteiger partial charge in [0.25, 0.3) is 5.91 Å². The number of methoxy groups -OCH3 is 1. The van der Waals surface area contributed by atoms with Gasteiger partial charge in [0, 0.05) is 22.9 Å². The zero-order chi connectivity index (χ0) is 18.5. The first kappa shape index (κ1) is 17.9. The van der Waals surface area contributed by atoms with Crippen molar-refractivity contribution in [2.75, 3.05) is 12.4 Å². The van der Waals surface area contributed by atoms with Crippen LogP contribution in [0.15, 0.2) is 59.5 Å².